The lowest BCUT2D eigenvalue weighted by Gasteiger charge is -2.08. The Balaban J connectivity index is 1.99. The minimum atomic E-state index is 0.0556. The van der Waals surface area contributed by atoms with Crippen molar-refractivity contribution in [3.63, 3.8) is 0 Å². The third kappa shape index (κ3) is 2.70. The third-order valence-corrected chi connectivity index (χ3v) is 4.22. The van der Waals surface area contributed by atoms with Crippen molar-refractivity contribution in [2.75, 3.05) is 0 Å². The van der Waals surface area contributed by atoms with Crippen LogP contribution in [0, 0.1) is 6.92 Å². The van der Waals surface area contributed by atoms with Crippen molar-refractivity contribution in [1.29, 1.82) is 0 Å². The maximum atomic E-state index is 12.5. The van der Waals surface area contributed by atoms with Crippen molar-refractivity contribution in [2.24, 2.45) is 0 Å². The van der Waals surface area contributed by atoms with Crippen molar-refractivity contribution in [3.8, 4) is 0 Å². The Kier molecular flexibility index (Phi) is 3.76. The second kappa shape index (κ2) is 5.71. The number of Topliss-reactive ketones (excluding diaryl/α,β-unsaturated/α-hetero) is 1. The molecule has 0 spiro atoms. The number of benzene rings is 3. The molecule has 0 bridgehead atoms. The van der Waals surface area contributed by atoms with E-state index in [1.54, 1.807) is 6.07 Å². The number of aryl methyl sites for hydroxylation is 1. The van der Waals surface area contributed by atoms with Gasteiger partial charge in [-0.15, -0.1) is 0 Å². The van der Waals surface area contributed by atoms with Gasteiger partial charge in [-0.2, -0.15) is 0 Å². The molecule has 104 valence electrons. The number of rotatable bonds is 3. The van der Waals surface area contributed by atoms with Gasteiger partial charge in [0.2, 0.25) is 0 Å². The van der Waals surface area contributed by atoms with Crippen LogP contribution in [0.15, 0.2) is 60.7 Å². The van der Waals surface area contributed by atoms with Crippen LogP contribution in [0.4, 0.5) is 0 Å². The highest BCUT2D eigenvalue weighted by molar-refractivity contribution is 6.34. The zero-order valence-electron chi connectivity index (χ0n) is 11.8. The molecule has 2 heteroatoms. The molecular formula is C19H15ClO. The summed E-state index contributed by atoms with van der Waals surface area (Å²) in [6, 6.07) is 19.7. The predicted molar refractivity (Wildman–Crippen MR) is 88.2 cm³/mol. The molecule has 0 heterocycles. The van der Waals surface area contributed by atoms with Crippen LogP contribution in [0.5, 0.6) is 0 Å². The number of ketones is 1. The molecule has 0 radical (unpaired) electrons. The number of hydrogen-bond acceptors (Lipinski definition) is 1. The Morgan fingerprint density at radius 2 is 1.67 bits per heavy atom. The van der Waals surface area contributed by atoms with E-state index >= 15 is 0 Å². The Morgan fingerprint density at radius 3 is 2.52 bits per heavy atom. The van der Waals surface area contributed by atoms with E-state index in [2.05, 4.69) is 18.2 Å². The van der Waals surface area contributed by atoms with Crippen LogP contribution in [0.3, 0.4) is 0 Å². The molecule has 0 fully saturated rings. The topological polar surface area (TPSA) is 17.1 Å². The number of hydrogen-bond donors (Lipinski definition) is 0. The minimum absolute atomic E-state index is 0.0556. The van der Waals surface area contributed by atoms with Gasteiger partial charge in [0, 0.05) is 12.0 Å². The van der Waals surface area contributed by atoms with E-state index in [-0.39, 0.29) is 5.78 Å². The first-order valence-electron chi connectivity index (χ1n) is 6.92. The Labute approximate surface area is 129 Å². The van der Waals surface area contributed by atoms with Gasteiger partial charge in [0.15, 0.2) is 5.78 Å². The molecule has 0 amide bonds. The van der Waals surface area contributed by atoms with E-state index in [0.29, 0.717) is 17.0 Å². The van der Waals surface area contributed by atoms with Gasteiger partial charge in [0.05, 0.1) is 5.02 Å². The van der Waals surface area contributed by atoms with Crippen molar-refractivity contribution in [3.05, 3.63) is 82.4 Å². The zero-order chi connectivity index (χ0) is 14.8. The Bertz CT molecular complexity index is 815. The van der Waals surface area contributed by atoms with E-state index in [1.807, 2.05) is 43.3 Å². The number of halogens is 1. The molecule has 0 atom stereocenters. The zero-order valence-corrected chi connectivity index (χ0v) is 12.5. The molecule has 0 N–H and O–H groups in total. The summed E-state index contributed by atoms with van der Waals surface area (Å²) in [6.07, 6.45) is 0.366. The molecule has 3 rings (SSSR count). The lowest BCUT2D eigenvalue weighted by molar-refractivity contribution is 0.0993. The van der Waals surface area contributed by atoms with Crippen LogP contribution in [-0.2, 0) is 6.42 Å². The number of carbonyl (C=O) groups excluding carboxylic acids is 1. The fourth-order valence-corrected chi connectivity index (χ4v) is 2.81. The molecular weight excluding hydrogens is 280 g/mol. The van der Waals surface area contributed by atoms with Crippen LogP contribution < -0.4 is 0 Å². The standard InChI is InChI=1S/C19H15ClO/c1-13-6-4-11-17(19(13)20)18(21)12-15-9-5-8-14-7-2-3-10-16(14)15/h2-11H,12H2,1H3. The molecule has 0 aromatic heterocycles. The first-order chi connectivity index (χ1) is 10.2. The maximum absolute atomic E-state index is 12.5. The summed E-state index contributed by atoms with van der Waals surface area (Å²) in [5.41, 5.74) is 2.57. The second-order valence-electron chi connectivity index (χ2n) is 5.17. The van der Waals surface area contributed by atoms with Crippen LogP contribution in [0.2, 0.25) is 5.02 Å². The van der Waals surface area contributed by atoms with Gasteiger partial charge in [-0.3, -0.25) is 4.79 Å². The summed E-state index contributed by atoms with van der Waals surface area (Å²) >= 11 is 6.25. The summed E-state index contributed by atoms with van der Waals surface area (Å²) in [4.78, 5) is 12.5. The lowest BCUT2D eigenvalue weighted by atomic mass is 9.97. The monoisotopic (exact) mass is 294 g/mol. The van der Waals surface area contributed by atoms with E-state index in [0.717, 1.165) is 21.9 Å². The van der Waals surface area contributed by atoms with E-state index in [9.17, 15) is 4.79 Å². The smallest absolute Gasteiger partial charge is 0.168 e. The minimum Gasteiger partial charge on any atom is -0.294 e. The van der Waals surface area contributed by atoms with Crippen molar-refractivity contribution >= 4 is 28.2 Å². The first kappa shape index (κ1) is 13.8. The summed E-state index contributed by atoms with van der Waals surface area (Å²) in [6.45, 7) is 1.91. The Morgan fingerprint density at radius 1 is 0.952 bits per heavy atom. The van der Waals surface area contributed by atoms with Gasteiger partial charge < -0.3 is 0 Å². The molecule has 0 aliphatic carbocycles. The van der Waals surface area contributed by atoms with Crippen LogP contribution in [-0.4, -0.2) is 5.78 Å². The molecule has 21 heavy (non-hydrogen) atoms. The summed E-state index contributed by atoms with van der Waals surface area (Å²) < 4.78 is 0. The average molecular weight is 295 g/mol. The third-order valence-electron chi connectivity index (χ3n) is 3.72. The largest absolute Gasteiger partial charge is 0.294 e. The fourth-order valence-electron chi connectivity index (χ4n) is 2.58. The maximum Gasteiger partial charge on any atom is 0.168 e. The van der Waals surface area contributed by atoms with Crippen LogP contribution in [0.1, 0.15) is 21.5 Å². The SMILES string of the molecule is Cc1cccc(C(=O)Cc2cccc3ccccc23)c1Cl. The van der Waals surface area contributed by atoms with Gasteiger partial charge in [-0.25, -0.2) is 0 Å². The fraction of sp³-hybridized carbons (Fsp3) is 0.105. The molecule has 1 nitrogen and oxygen atoms in total. The van der Waals surface area contributed by atoms with Crippen LogP contribution >= 0.6 is 11.6 Å². The van der Waals surface area contributed by atoms with Gasteiger partial charge in [-0.1, -0.05) is 66.2 Å². The second-order valence-corrected chi connectivity index (χ2v) is 5.55. The van der Waals surface area contributed by atoms with Gasteiger partial charge in [0.1, 0.15) is 0 Å². The molecule has 0 saturated carbocycles. The Hall–Kier alpha value is -2.12. The lowest BCUT2D eigenvalue weighted by Crippen LogP contribution is -2.05. The quantitative estimate of drug-likeness (QED) is 0.605. The molecule has 0 unspecified atom stereocenters. The number of carbonyl (C=O) groups is 1. The highest BCUT2D eigenvalue weighted by Crippen LogP contribution is 2.24. The average Bonchev–Trinajstić information content (AvgIpc) is 2.50. The van der Waals surface area contributed by atoms with E-state index < -0.39 is 0 Å². The summed E-state index contributed by atoms with van der Waals surface area (Å²) in [7, 11) is 0. The molecule has 0 aliphatic heterocycles. The van der Waals surface area contributed by atoms with Crippen molar-refractivity contribution in [2.45, 2.75) is 13.3 Å². The molecule has 0 aliphatic rings. The van der Waals surface area contributed by atoms with Crippen molar-refractivity contribution < 1.29 is 4.79 Å². The highest BCUT2D eigenvalue weighted by atomic mass is 35.5. The predicted octanol–water partition coefficient (Wildman–Crippen LogP) is 5.23. The molecule has 3 aromatic carbocycles. The normalized spacial score (nSPS) is 10.8. The molecule has 3 aromatic rings. The van der Waals surface area contributed by atoms with Gasteiger partial charge in [0.25, 0.3) is 0 Å². The highest BCUT2D eigenvalue weighted by Gasteiger charge is 2.13. The summed E-state index contributed by atoms with van der Waals surface area (Å²) in [5.74, 6) is 0.0556. The van der Waals surface area contributed by atoms with E-state index in [4.69, 9.17) is 11.6 Å². The van der Waals surface area contributed by atoms with Crippen molar-refractivity contribution in [1.82, 2.24) is 0 Å². The van der Waals surface area contributed by atoms with E-state index in [1.165, 1.54) is 0 Å². The van der Waals surface area contributed by atoms with Gasteiger partial charge in [-0.05, 0) is 34.9 Å². The van der Waals surface area contributed by atoms with Crippen LogP contribution in [0.25, 0.3) is 10.8 Å². The molecule has 0 saturated heterocycles. The number of fused-ring (bicyclic) bond motifs is 1. The summed E-state index contributed by atoms with van der Waals surface area (Å²) in [5, 5.41) is 2.83. The van der Waals surface area contributed by atoms with Gasteiger partial charge >= 0.3 is 0 Å². The first-order valence-corrected chi connectivity index (χ1v) is 7.29.